The number of thioether (sulfide) groups is 1. The van der Waals surface area contributed by atoms with E-state index in [4.69, 9.17) is 5.73 Å². The molecule has 0 aliphatic heterocycles. The minimum absolute atomic E-state index is 0.319. The molecule has 0 fully saturated rings. The van der Waals surface area contributed by atoms with Gasteiger partial charge < -0.3 is 16.0 Å². The van der Waals surface area contributed by atoms with Crippen molar-refractivity contribution in [1.82, 2.24) is 9.97 Å². The average molecular weight is 283 g/mol. The number of nitrogens with one attached hydrogen (secondary N) is 1. The molecular formula is C13H25N5S. The molecule has 0 spiro atoms. The van der Waals surface area contributed by atoms with Crippen molar-refractivity contribution in [2.45, 2.75) is 32.7 Å². The summed E-state index contributed by atoms with van der Waals surface area (Å²) in [5.41, 5.74) is 5.78. The normalized spacial score (nSPS) is 12.2. The molecule has 0 aliphatic rings. The summed E-state index contributed by atoms with van der Waals surface area (Å²) < 4.78 is 0. The lowest BCUT2D eigenvalue weighted by molar-refractivity contribution is 0.662. The molecule has 0 amide bonds. The second-order valence-corrected chi connectivity index (χ2v) is 5.62. The van der Waals surface area contributed by atoms with E-state index in [0.29, 0.717) is 12.0 Å². The molecule has 0 aliphatic carbocycles. The van der Waals surface area contributed by atoms with Gasteiger partial charge in [-0.05, 0) is 31.8 Å². The van der Waals surface area contributed by atoms with Crippen LogP contribution in [0.15, 0.2) is 6.07 Å². The molecule has 1 aromatic rings. The second-order valence-electron chi connectivity index (χ2n) is 4.64. The summed E-state index contributed by atoms with van der Waals surface area (Å²) in [5.74, 6) is 3.14. The van der Waals surface area contributed by atoms with Crippen molar-refractivity contribution >= 4 is 29.3 Å². The van der Waals surface area contributed by atoms with Crippen LogP contribution in [0.3, 0.4) is 0 Å². The lowest BCUT2D eigenvalue weighted by Gasteiger charge is -2.26. The first-order valence-corrected chi connectivity index (χ1v) is 8.08. The predicted octanol–water partition coefficient (Wildman–Crippen LogP) is 2.46. The number of nitrogen functional groups attached to an aromatic ring is 1. The molecule has 1 aromatic heterocycles. The first-order valence-electron chi connectivity index (χ1n) is 6.68. The first kappa shape index (κ1) is 15.9. The fraction of sp³-hybridized carbons (Fsp3) is 0.692. The molecule has 108 valence electrons. The minimum atomic E-state index is 0.319. The van der Waals surface area contributed by atoms with Crippen LogP contribution in [0.5, 0.6) is 0 Å². The molecule has 1 rings (SSSR count). The van der Waals surface area contributed by atoms with Gasteiger partial charge in [0.25, 0.3) is 0 Å². The largest absolute Gasteiger partial charge is 0.370 e. The van der Waals surface area contributed by atoms with Gasteiger partial charge in [0.05, 0.1) is 0 Å². The summed E-state index contributed by atoms with van der Waals surface area (Å²) in [6, 6.07) is 2.39. The molecule has 1 atom stereocenters. The fourth-order valence-corrected chi connectivity index (χ4v) is 2.26. The molecule has 6 heteroatoms. The van der Waals surface area contributed by atoms with Crippen molar-refractivity contribution in [3.05, 3.63) is 6.07 Å². The van der Waals surface area contributed by atoms with Crippen LogP contribution in [0.2, 0.25) is 0 Å². The van der Waals surface area contributed by atoms with Gasteiger partial charge in [-0.25, -0.2) is 0 Å². The molecule has 0 saturated carbocycles. The SMILES string of the molecule is CCCNc1cc(N(C)C(C)CCSC)nc(N)n1. The highest BCUT2D eigenvalue weighted by atomic mass is 32.2. The van der Waals surface area contributed by atoms with Gasteiger partial charge >= 0.3 is 0 Å². The number of nitrogens with zero attached hydrogens (tertiary/aromatic N) is 3. The van der Waals surface area contributed by atoms with Gasteiger partial charge in [-0.2, -0.15) is 21.7 Å². The Kier molecular flexibility index (Phi) is 6.77. The van der Waals surface area contributed by atoms with E-state index in [1.54, 1.807) is 0 Å². The van der Waals surface area contributed by atoms with Crippen LogP contribution in [-0.2, 0) is 0 Å². The summed E-state index contributed by atoms with van der Waals surface area (Å²) in [6.45, 7) is 5.21. The Morgan fingerprint density at radius 2 is 2.21 bits per heavy atom. The van der Waals surface area contributed by atoms with Crippen LogP contribution in [0.25, 0.3) is 0 Å². The smallest absolute Gasteiger partial charge is 0.223 e. The molecule has 0 radical (unpaired) electrons. The van der Waals surface area contributed by atoms with E-state index in [9.17, 15) is 0 Å². The third-order valence-corrected chi connectivity index (χ3v) is 3.69. The monoisotopic (exact) mass is 283 g/mol. The third kappa shape index (κ3) is 5.14. The van der Waals surface area contributed by atoms with Gasteiger partial charge in [0.2, 0.25) is 5.95 Å². The van der Waals surface area contributed by atoms with E-state index >= 15 is 0 Å². The maximum Gasteiger partial charge on any atom is 0.223 e. The second kappa shape index (κ2) is 8.09. The number of hydrogen-bond donors (Lipinski definition) is 2. The van der Waals surface area contributed by atoms with E-state index in [1.165, 1.54) is 0 Å². The lowest BCUT2D eigenvalue weighted by Crippen LogP contribution is -2.30. The highest BCUT2D eigenvalue weighted by Crippen LogP contribution is 2.19. The van der Waals surface area contributed by atoms with E-state index in [2.05, 4.69) is 47.3 Å². The topological polar surface area (TPSA) is 67.1 Å². The predicted molar refractivity (Wildman–Crippen MR) is 86.1 cm³/mol. The van der Waals surface area contributed by atoms with Crippen LogP contribution in [0.4, 0.5) is 17.6 Å². The molecule has 19 heavy (non-hydrogen) atoms. The van der Waals surface area contributed by atoms with Gasteiger partial charge in [-0.15, -0.1) is 0 Å². The van der Waals surface area contributed by atoms with Gasteiger partial charge in [0.15, 0.2) is 0 Å². The summed E-state index contributed by atoms with van der Waals surface area (Å²) in [5, 5.41) is 3.25. The maximum atomic E-state index is 5.78. The van der Waals surface area contributed by atoms with Crippen molar-refractivity contribution in [1.29, 1.82) is 0 Å². The summed E-state index contributed by atoms with van der Waals surface area (Å²) in [7, 11) is 2.05. The Morgan fingerprint density at radius 3 is 2.84 bits per heavy atom. The van der Waals surface area contributed by atoms with Gasteiger partial charge in [0, 0.05) is 25.7 Å². The third-order valence-electron chi connectivity index (χ3n) is 3.05. The molecule has 0 saturated heterocycles. The molecular weight excluding hydrogens is 258 g/mol. The zero-order chi connectivity index (χ0) is 14.3. The van der Waals surface area contributed by atoms with Crippen LogP contribution >= 0.6 is 11.8 Å². The van der Waals surface area contributed by atoms with E-state index < -0.39 is 0 Å². The van der Waals surface area contributed by atoms with Crippen molar-refractivity contribution in [3.63, 3.8) is 0 Å². The Bertz CT molecular complexity index is 385. The highest BCUT2D eigenvalue weighted by molar-refractivity contribution is 7.98. The van der Waals surface area contributed by atoms with E-state index in [-0.39, 0.29) is 0 Å². The number of aromatic nitrogens is 2. The number of nitrogens with two attached hydrogens (primary N) is 1. The van der Waals surface area contributed by atoms with Crippen molar-refractivity contribution < 1.29 is 0 Å². The summed E-state index contributed by atoms with van der Waals surface area (Å²) in [6.07, 6.45) is 4.31. The van der Waals surface area contributed by atoms with Crippen LogP contribution in [0, 0.1) is 0 Å². The fourth-order valence-electron chi connectivity index (χ4n) is 1.68. The van der Waals surface area contributed by atoms with Crippen LogP contribution in [-0.4, -0.2) is 41.6 Å². The van der Waals surface area contributed by atoms with Gasteiger partial charge in [0.1, 0.15) is 11.6 Å². The number of hydrogen-bond acceptors (Lipinski definition) is 6. The van der Waals surface area contributed by atoms with Gasteiger partial charge in [-0.3, -0.25) is 0 Å². The van der Waals surface area contributed by atoms with Gasteiger partial charge in [-0.1, -0.05) is 6.92 Å². The Balaban J connectivity index is 2.77. The molecule has 5 nitrogen and oxygen atoms in total. The maximum absolute atomic E-state index is 5.78. The van der Waals surface area contributed by atoms with Crippen LogP contribution < -0.4 is 16.0 Å². The molecule has 0 bridgehead atoms. The summed E-state index contributed by atoms with van der Waals surface area (Å²) >= 11 is 1.86. The molecule has 1 unspecified atom stereocenters. The average Bonchev–Trinajstić information content (AvgIpc) is 2.41. The Morgan fingerprint density at radius 1 is 1.47 bits per heavy atom. The van der Waals surface area contributed by atoms with E-state index in [1.807, 2.05) is 17.8 Å². The van der Waals surface area contributed by atoms with E-state index in [0.717, 1.165) is 36.8 Å². The van der Waals surface area contributed by atoms with Crippen LogP contribution in [0.1, 0.15) is 26.7 Å². The molecule has 3 N–H and O–H groups in total. The zero-order valence-electron chi connectivity index (χ0n) is 12.3. The standard InChI is InChI=1S/C13H25N5S/c1-5-7-15-11-9-12(17-13(14)16-11)18(3)10(2)6-8-19-4/h9-10H,5-8H2,1-4H3,(H3,14,15,16,17). The molecule has 0 aromatic carbocycles. The quantitative estimate of drug-likeness (QED) is 0.764. The van der Waals surface area contributed by atoms with Crippen molar-refractivity contribution in [2.24, 2.45) is 0 Å². The molecule has 1 heterocycles. The zero-order valence-corrected chi connectivity index (χ0v) is 13.1. The number of anilines is 3. The highest BCUT2D eigenvalue weighted by Gasteiger charge is 2.13. The Hall–Kier alpha value is -1.17. The number of rotatable bonds is 8. The van der Waals surface area contributed by atoms with Crippen molar-refractivity contribution in [3.8, 4) is 0 Å². The minimum Gasteiger partial charge on any atom is -0.370 e. The summed E-state index contributed by atoms with van der Waals surface area (Å²) in [4.78, 5) is 10.7. The first-order chi connectivity index (χ1) is 9.08. The van der Waals surface area contributed by atoms with Crippen molar-refractivity contribution in [2.75, 3.05) is 41.6 Å². The Labute approximate surface area is 120 Å². The lowest BCUT2D eigenvalue weighted by atomic mass is 10.2.